The van der Waals surface area contributed by atoms with E-state index in [0.29, 0.717) is 0 Å². The molecule has 1 nitrogen and oxygen atoms in total. The Morgan fingerprint density at radius 3 is 2.45 bits per heavy atom. The zero-order valence-corrected chi connectivity index (χ0v) is 7.79. The lowest BCUT2D eigenvalue weighted by Crippen LogP contribution is -2.11. The fourth-order valence-electron chi connectivity index (χ4n) is 0.979. The molecule has 1 heterocycles. The van der Waals surface area contributed by atoms with Crippen molar-refractivity contribution in [2.75, 3.05) is 0 Å². The van der Waals surface area contributed by atoms with Gasteiger partial charge in [-0.25, -0.2) is 0 Å². The Hall–Kier alpha value is -0.630. The average Bonchev–Trinajstić information content (AvgIpc) is 2.31. The van der Waals surface area contributed by atoms with Gasteiger partial charge in [-0.2, -0.15) is 0 Å². The summed E-state index contributed by atoms with van der Waals surface area (Å²) >= 11 is 1.45. The van der Waals surface area contributed by atoms with Crippen molar-refractivity contribution >= 4 is 17.6 Å². The smallest absolute Gasteiger partial charge is 0.244 e. The molecule has 1 radical (unpaired) electrons. The molecule has 59 valence electrons. The zero-order valence-electron chi connectivity index (χ0n) is 6.97. The third-order valence-corrected chi connectivity index (χ3v) is 2.38. The molecule has 0 spiro atoms. The quantitative estimate of drug-likeness (QED) is 0.628. The van der Waals surface area contributed by atoms with Crippen molar-refractivity contribution in [3.05, 3.63) is 21.9 Å². The van der Waals surface area contributed by atoms with Gasteiger partial charge in [0.15, 0.2) is 0 Å². The van der Waals surface area contributed by atoms with Crippen LogP contribution in [0, 0.1) is 0 Å². The van der Waals surface area contributed by atoms with Gasteiger partial charge in [0.05, 0.1) is 4.88 Å². The van der Waals surface area contributed by atoms with Crippen LogP contribution >= 0.6 is 11.3 Å². The van der Waals surface area contributed by atoms with Crippen molar-refractivity contribution in [1.29, 1.82) is 0 Å². The number of hydrogen-bond acceptors (Lipinski definition) is 2. The molecule has 0 fully saturated rings. The lowest BCUT2D eigenvalue weighted by Gasteiger charge is -2.17. The van der Waals surface area contributed by atoms with E-state index in [-0.39, 0.29) is 5.41 Å². The average molecular weight is 167 g/mol. The number of hydrogen-bond donors (Lipinski definition) is 0. The maximum Gasteiger partial charge on any atom is 0.244 e. The lowest BCUT2D eigenvalue weighted by molar-refractivity contribution is 0.557. The fourth-order valence-corrected chi connectivity index (χ4v) is 1.87. The molecular weight excluding hydrogens is 156 g/mol. The highest BCUT2D eigenvalue weighted by atomic mass is 32.1. The first-order chi connectivity index (χ1) is 5.05. The molecular formula is C9H11OS. The van der Waals surface area contributed by atoms with Gasteiger partial charge in [-0.1, -0.05) is 20.8 Å². The van der Waals surface area contributed by atoms with Crippen LogP contribution in [0.5, 0.6) is 0 Å². The van der Waals surface area contributed by atoms with Crippen molar-refractivity contribution in [1.82, 2.24) is 0 Å². The highest BCUT2D eigenvalue weighted by Gasteiger charge is 2.18. The molecule has 1 aromatic heterocycles. The molecule has 1 rings (SSSR count). The van der Waals surface area contributed by atoms with Crippen LogP contribution in [0.25, 0.3) is 0 Å². The van der Waals surface area contributed by atoms with Crippen LogP contribution in [0.1, 0.15) is 31.2 Å². The largest absolute Gasteiger partial charge is 0.284 e. The van der Waals surface area contributed by atoms with Crippen molar-refractivity contribution < 1.29 is 4.79 Å². The minimum absolute atomic E-state index is 0.0622. The molecule has 0 atom stereocenters. The van der Waals surface area contributed by atoms with E-state index in [2.05, 4.69) is 20.8 Å². The molecule has 0 bridgehead atoms. The maximum absolute atomic E-state index is 10.4. The monoisotopic (exact) mass is 167 g/mol. The van der Waals surface area contributed by atoms with Gasteiger partial charge in [-0.3, -0.25) is 4.79 Å². The summed E-state index contributed by atoms with van der Waals surface area (Å²) in [6.45, 7) is 6.28. The molecule has 0 amide bonds. The van der Waals surface area contributed by atoms with Crippen LogP contribution in [0.15, 0.2) is 11.4 Å². The second-order valence-electron chi connectivity index (χ2n) is 3.52. The zero-order chi connectivity index (χ0) is 8.48. The Bertz CT molecular complexity index is 255. The first kappa shape index (κ1) is 8.47. The van der Waals surface area contributed by atoms with Crippen LogP contribution < -0.4 is 0 Å². The van der Waals surface area contributed by atoms with E-state index in [0.717, 1.165) is 10.4 Å². The Labute approximate surface area is 71.1 Å². The third kappa shape index (κ3) is 1.69. The number of carbonyl (C=O) groups excluding carboxylic acids is 1. The van der Waals surface area contributed by atoms with Crippen LogP contribution in [0.2, 0.25) is 0 Å². The van der Waals surface area contributed by atoms with Gasteiger partial charge in [0.25, 0.3) is 0 Å². The first-order valence-corrected chi connectivity index (χ1v) is 4.40. The van der Waals surface area contributed by atoms with Crippen LogP contribution in [0.4, 0.5) is 0 Å². The lowest BCUT2D eigenvalue weighted by atomic mass is 9.88. The summed E-state index contributed by atoms with van der Waals surface area (Å²) in [6.07, 6.45) is 1.95. The first-order valence-electron chi connectivity index (χ1n) is 3.52. The molecule has 0 saturated carbocycles. The predicted octanol–water partition coefficient (Wildman–Crippen LogP) is 2.50. The van der Waals surface area contributed by atoms with Crippen molar-refractivity contribution in [3.8, 4) is 0 Å². The fraction of sp³-hybridized carbons (Fsp3) is 0.444. The van der Waals surface area contributed by atoms with Gasteiger partial charge in [0.1, 0.15) is 0 Å². The van der Waals surface area contributed by atoms with Crippen LogP contribution in [-0.4, -0.2) is 6.29 Å². The minimum Gasteiger partial charge on any atom is -0.284 e. The van der Waals surface area contributed by atoms with E-state index < -0.39 is 0 Å². The van der Waals surface area contributed by atoms with Gasteiger partial charge >= 0.3 is 0 Å². The molecule has 1 aromatic rings. The molecule has 2 heteroatoms. The molecule has 0 N–H and O–H groups in total. The highest BCUT2D eigenvalue weighted by Crippen LogP contribution is 2.28. The van der Waals surface area contributed by atoms with Gasteiger partial charge in [0, 0.05) is 0 Å². The van der Waals surface area contributed by atoms with Gasteiger partial charge in [-0.05, 0) is 22.4 Å². The highest BCUT2D eigenvalue weighted by molar-refractivity contribution is 7.11. The second-order valence-corrected chi connectivity index (χ2v) is 4.43. The molecule has 0 unspecified atom stereocenters. The van der Waals surface area contributed by atoms with Crippen molar-refractivity contribution in [2.24, 2.45) is 0 Å². The van der Waals surface area contributed by atoms with E-state index in [1.807, 2.05) is 17.7 Å². The van der Waals surface area contributed by atoms with E-state index in [1.54, 1.807) is 0 Å². The Balaban J connectivity index is 3.12. The standard InChI is InChI=1S/C9H11OS/c1-9(2,3)7-4-5-11-8(7)6-10/h4-5H,1-3H3. The summed E-state index contributed by atoms with van der Waals surface area (Å²) in [6, 6.07) is 1.99. The second kappa shape index (κ2) is 2.78. The number of thiophene rings is 1. The van der Waals surface area contributed by atoms with Crippen molar-refractivity contribution in [3.63, 3.8) is 0 Å². The number of rotatable bonds is 1. The third-order valence-electron chi connectivity index (χ3n) is 1.57. The van der Waals surface area contributed by atoms with E-state index in [4.69, 9.17) is 0 Å². The summed E-state index contributed by atoms with van der Waals surface area (Å²) in [5.41, 5.74) is 1.16. The van der Waals surface area contributed by atoms with E-state index in [1.165, 1.54) is 11.3 Å². The van der Waals surface area contributed by atoms with Gasteiger partial charge < -0.3 is 0 Å². The summed E-state index contributed by atoms with van der Waals surface area (Å²) < 4.78 is 0. The predicted molar refractivity (Wildman–Crippen MR) is 47.8 cm³/mol. The van der Waals surface area contributed by atoms with E-state index >= 15 is 0 Å². The molecule has 0 aromatic carbocycles. The topological polar surface area (TPSA) is 17.1 Å². The summed E-state index contributed by atoms with van der Waals surface area (Å²) in [5, 5.41) is 1.93. The Morgan fingerprint density at radius 1 is 1.45 bits per heavy atom. The summed E-state index contributed by atoms with van der Waals surface area (Å²) in [7, 11) is 0. The molecule has 0 aliphatic carbocycles. The summed E-state index contributed by atoms with van der Waals surface area (Å²) in [5.74, 6) is 0. The van der Waals surface area contributed by atoms with Gasteiger partial charge in [0.2, 0.25) is 6.29 Å². The molecule has 0 aliphatic heterocycles. The Morgan fingerprint density at radius 2 is 2.09 bits per heavy atom. The van der Waals surface area contributed by atoms with Crippen LogP contribution in [-0.2, 0) is 10.2 Å². The Kier molecular flexibility index (Phi) is 2.14. The van der Waals surface area contributed by atoms with E-state index in [9.17, 15) is 4.79 Å². The molecule has 0 saturated heterocycles. The summed E-state index contributed by atoms with van der Waals surface area (Å²) in [4.78, 5) is 11.2. The van der Waals surface area contributed by atoms with Crippen molar-refractivity contribution in [2.45, 2.75) is 26.2 Å². The van der Waals surface area contributed by atoms with Gasteiger partial charge in [-0.15, -0.1) is 11.3 Å². The van der Waals surface area contributed by atoms with Crippen LogP contribution in [0.3, 0.4) is 0 Å². The maximum atomic E-state index is 10.4. The SMILES string of the molecule is CC(C)(C)c1ccsc1[C]=O. The molecule has 11 heavy (non-hydrogen) atoms. The molecule has 0 aliphatic rings. The minimum atomic E-state index is 0.0622. The normalized spacial score (nSPS) is 11.5.